The number of amides is 13. The molecular weight excluding hydrogens is 1490 g/mol. The number of hydrogen-bond donors (Lipinski definition) is 18. The molecule has 13 amide bonds. The number of carboxylic acids is 2. The monoisotopic (exact) mass is 1590 g/mol. The minimum Gasteiger partial charge on any atom is -0.481 e. The minimum absolute atomic E-state index is 0.00178. The predicted molar refractivity (Wildman–Crippen MR) is 413 cm³/mol. The van der Waals surface area contributed by atoms with Gasteiger partial charge in [0.2, 0.25) is 76.8 Å². The van der Waals surface area contributed by atoms with Crippen molar-refractivity contribution in [3.63, 3.8) is 0 Å². The third-order valence-electron chi connectivity index (χ3n) is 19.2. The fraction of sp³-hybridized carbons (Fsp3) is 0.473. The first kappa shape index (κ1) is 86.2. The maximum Gasteiger partial charge on any atom is 0.305 e. The van der Waals surface area contributed by atoms with Gasteiger partial charge in [-0.1, -0.05) is 107 Å². The van der Waals surface area contributed by atoms with Gasteiger partial charge in [0.1, 0.15) is 72.5 Å². The number of carboxylic acid groups (broad SMARTS) is 2. The zero-order chi connectivity index (χ0) is 81.1. The molecule has 0 bridgehead atoms. The summed E-state index contributed by atoms with van der Waals surface area (Å²) in [5, 5.41) is 59.4. The lowest BCUT2D eigenvalue weighted by Crippen LogP contribution is -2.61. The van der Waals surface area contributed by atoms with Gasteiger partial charge in [-0.25, -0.2) is 4.98 Å². The van der Waals surface area contributed by atoms with Crippen molar-refractivity contribution in [1.82, 2.24) is 78.3 Å². The van der Waals surface area contributed by atoms with Crippen molar-refractivity contribution >= 4 is 138 Å². The Morgan fingerprint density at radius 2 is 1.13 bits per heavy atom. The van der Waals surface area contributed by atoms with Gasteiger partial charge in [0.25, 0.3) is 0 Å². The molecule has 0 unspecified atom stereocenters. The van der Waals surface area contributed by atoms with Crippen LogP contribution >= 0.6 is 21.6 Å². The average molecular weight is 1590 g/mol. The van der Waals surface area contributed by atoms with E-state index in [1.807, 2.05) is 54.6 Å². The number of likely N-dealkylation sites (tertiary alicyclic amines) is 2. The highest BCUT2D eigenvalue weighted by atomic mass is 33.1. The Kier molecular flexibility index (Phi) is 32.4. The lowest BCUT2D eigenvalue weighted by molar-refractivity contribution is -0.148. The highest BCUT2D eigenvalue weighted by Gasteiger charge is 2.45. The van der Waals surface area contributed by atoms with E-state index in [1.165, 1.54) is 29.2 Å². The van der Waals surface area contributed by atoms with E-state index in [0.29, 0.717) is 30.4 Å². The summed E-state index contributed by atoms with van der Waals surface area (Å²) < 4.78 is 0. The molecule has 8 rings (SSSR count). The van der Waals surface area contributed by atoms with Crippen molar-refractivity contribution in [2.45, 2.75) is 183 Å². The van der Waals surface area contributed by atoms with Crippen LogP contribution in [0.2, 0.25) is 0 Å². The van der Waals surface area contributed by atoms with Gasteiger partial charge in [-0.3, -0.25) is 77.3 Å². The zero-order valence-electron chi connectivity index (χ0n) is 61.9. The normalized spacial score (nSPS) is 22.6. The van der Waals surface area contributed by atoms with E-state index in [1.54, 1.807) is 30.3 Å². The molecule has 602 valence electrons. The lowest BCUT2D eigenvalue weighted by Gasteiger charge is -2.33. The number of nitrogens with zero attached hydrogens (tertiary/aromatic N) is 3. The molecule has 3 saturated heterocycles. The Hall–Kier alpha value is -11.4. The third-order valence-corrected chi connectivity index (χ3v) is 21.6. The topological polar surface area (TPSA) is 566 Å². The predicted octanol–water partition coefficient (Wildman–Crippen LogP) is -1.77. The number of primary amides is 1. The summed E-state index contributed by atoms with van der Waals surface area (Å²) in [6.45, 7) is 2.67. The molecule has 112 heavy (non-hydrogen) atoms. The molecule has 3 aliphatic heterocycles. The van der Waals surface area contributed by atoms with Gasteiger partial charge in [-0.2, -0.15) is 0 Å². The molecule has 0 aliphatic carbocycles. The Bertz CT molecular complexity index is 4270. The van der Waals surface area contributed by atoms with Crippen LogP contribution < -0.4 is 75.7 Å². The van der Waals surface area contributed by atoms with Crippen LogP contribution in [-0.2, 0) is 91.2 Å². The number of hydrogen-bond acceptors (Lipinski definition) is 20. The fourth-order valence-electron chi connectivity index (χ4n) is 13.3. The number of unbranched alkanes of at least 4 members (excludes halogenated alkanes) is 1. The fourth-order valence-corrected chi connectivity index (χ4v) is 15.7. The number of guanidine groups is 1. The van der Waals surface area contributed by atoms with E-state index in [-0.39, 0.29) is 101 Å². The Morgan fingerprint density at radius 3 is 1.69 bits per heavy atom. The number of aliphatic carboxylic acids is 2. The van der Waals surface area contributed by atoms with Crippen LogP contribution in [0.15, 0.2) is 97.5 Å². The van der Waals surface area contributed by atoms with Gasteiger partial charge in [0, 0.05) is 69.9 Å². The van der Waals surface area contributed by atoms with Crippen molar-refractivity contribution in [3.8, 4) is 0 Å². The smallest absolute Gasteiger partial charge is 0.305 e. The van der Waals surface area contributed by atoms with Crippen LogP contribution in [0.4, 0.5) is 0 Å². The first-order valence-electron chi connectivity index (χ1n) is 36.9. The number of nitrogens with one attached hydrogen (secondary N) is 13. The standard InChI is InChI=1S/C74H97N19O17S2/c1-40-63(100)91-57(72(109)93-29-11-19-59(93)73(110)92-28-10-18-58(92)71(108)86-49(16-7-8-26-75)64(101)87-52(62(76)99)35-61(97)98)38-112-111-37-56(83-41(2)94)70(107)85-51(24-25-60(95)96)66(103)90-55(34-48-36-79-39-81-48)69(106)89-54(33-43-21-23-45-13-4-6-15-47(45)31-43)68(105)84-50(17-9-27-80-74(77)78)65(102)88-53(67(104)82-40)32-42-20-22-44-12-3-5-14-46(44)30-42/h3-6,12-15,20-23,30-31,36,39-40,49-59H,7-11,16-19,24-29,32-35,37-38,75H2,1-2H3,(H2,76,99)(H,79,81)(H,82,104)(H,83,94)(H,84,105)(H,85,107)(H,86,108)(H,87,101)(H,88,102)(H,89,106)(H,90,103)(H,91,100)(H,95,96)(H,97,98)(H4,77,78,80)/t40-,49-,50-,51-,52-,53-,54+,55-,56-,57-,58-,59-/m0/s1. The first-order chi connectivity index (χ1) is 53.5. The molecule has 3 aliphatic rings. The average Bonchev–Trinajstić information content (AvgIpc) is 1.63. The maximum absolute atomic E-state index is 15.4. The van der Waals surface area contributed by atoms with Gasteiger partial charge in [0.05, 0.1) is 18.4 Å². The number of aromatic amines is 1. The summed E-state index contributed by atoms with van der Waals surface area (Å²) in [6.07, 6.45) is 1.25. The summed E-state index contributed by atoms with van der Waals surface area (Å²) in [7, 11) is 1.84. The second-order valence-electron chi connectivity index (χ2n) is 27.7. The molecule has 21 N–H and O–H groups in total. The number of rotatable bonds is 27. The molecule has 0 radical (unpaired) electrons. The van der Waals surface area contributed by atoms with Crippen molar-refractivity contribution in [3.05, 3.63) is 114 Å². The van der Waals surface area contributed by atoms with Gasteiger partial charge in [-0.05, 0) is 110 Å². The second kappa shape index (κ2) is 42.1. The molecule has 36 nitrogen and oxygen atoms in total. The molecule has 4 heterocycles. The van der Waals surface area contributed by atoms with E-state index in [0.717, 1.165) is 50.1 Å². The maximum atomic E-state index is 15.4. The van der Waals surface area contributed by atoms with Crippen LogP contribution in [0, 0.1) is 5.41 Å². The van der Waals surface area contributed by atoms with Crippen molar-refractivity contribution in [2.75, 3.05) is 37.7 Å². The van der Waals surface area contributed by atoms with E-state index in [9.17, 15) is 58.2 Å². The number of H-pyrrole nitrogens is 1. The van der Waals surface area contributed by atoms with E-state index in [2.05, 4.69) is 68.5 Å². The Balaban J connectivity index is 1.15. The molecule has 12 atom stereocenters. The Morgan fingerprint density at radius 1 is 0.598 bits per heavy atom. The summed E-state index contributed by atoms with van der Waals surface area (Å²) in [6, 6.07) is 7.50. The largest absolute Gasteiger partial charge is 0.481 e. The number of benzene rings is 4. The Labute approximate surface area is 652 Å². The van der Waals surface area contributed by atoms with Gasteiger partial charge in [-0.15, -0.1) is 0 Å². The molecular formula is C74H97N19O17S2. The van der Waals surface area contributed by atoms with Crippen LogP contribution in [0.3, 0.4) is 0 Å². The van der Waals surface area contributed by atoms with Crippen LogP contribution in [0.25, 0.3) is 21.5 Å². The van der Waals surface area contributed by atoms with Gasteiger partial charge in [0.15, 0.2) is 5.96 Å². The number of imidazole rings is 1. The molecule has 5 aromatic rings. The SMILES string of the molecule is CC(=O)N[C@H]1CSSC[C@@H](C(=O)N2CCC[C@H]2C(=O)N2CCC[C@H]2C(=O)N[C@@H](CCCCN)C(=O)N[C@@H](CC(=O)O)C(N)=O)NC(=O)[C@H](C)NC(=O)[C@H](Cc2ccc3ccccc3c2)NC(=O)[C@H](CCCNC(=N)N)NC(=O)[C@@H](Cc2ccc3ccccc3c2)NC(=O)[C@H](Cc2c[nH]cn2)NC(=O)[C@H](CCC(=O)O)NC1=O. The highest BCUT2D eigenvalue weighted by molar-refractivity contribution is 8.76. The summed E-state index contributed by atoms with van der Waals surface area (Å²) in [5.41, 5.74) is 18.1. The summed E-state index contributed by atoms with van der Waals surface area (Å²) in [4.78, 5) is 221. The number of aromatic nitrogens is 2. The quantitative estimate of drug-likeness (QED) is 0.0120. The molecule has 1 aromatic heterocycles. The molecule has 4 aromatic carbocycles. The molecule has 0 spiro atoms. The van der Waals surface area contributed by atoms with Crippen LogP contribution in [0.1, 0.15) is 108 Å². The lowest BCUT2D eigenvalue weighted by atomic mass is 9.99. The van der Waals surface area contributed by atoms with Crippen molar-refractivity contribution in [2.24, 2.45) is 17.2 Å². The van der Waals surface area contributed by atoms with Crippen molar-refractivity contribution in [1.29, 1.82) is 5.41 Å². The van der Waals surface area contributed by atoms with Gasteiger partial charge < -0.3 is 101 Å². The van der Waals surface area contributed by atoms with Gasteiger partial charge >= 0.3 is 11.9 Å². The van der Waals surface area contributed by atoms with Crippen LogP contribution in [-0.4, -0.2) is 235 Å². The zero-order valence-corrected chi connectivity index (χ0v) is 63.6. The van der Waals surface area contributed by atoms with Crippen molar-refractivity contribution < 1.29 is 82.1 Å². The number of nitrogens with two attached hydrogens (primary N) is 3. The van der Waals surface area contributed by atoms with E-state index in [4.69, 9.17) is 22.6 Å². The summed E-state index contributed by atoms with van der Waals surface area (Å²) >= 11 is 0. The van der Waals surface area contributed by atoms with E-state index >= 15 is 24.0 Å². The third kappa shape index (κ3) is 25.6. The molecule has 0 saturated carbocycles. The molecule has 38 heteroatoms. The number of carbonyl (C=O) groups excluding carboxylic acids is 13. The number of fused-ring (bicyclic) bond motifs is 2. The second-order valence-corrected chi connectivity index (χ2v) is 30.2. The molecule has 3 fully saturated rings. The summed E-state index contributed by atoms with van der Waals surface area (Å²) in [5.74, 6) is -15.6. The van der Waals surface area contributed by atoms with Crippen LogP contribution in [0.5, 0.6) is 0 Å². The highest BCUT2D eigenvalue weighted by Crippen LogP contribution is 2.29. The minimum atomic E-state index is -1.71. The number of carbonyl (C=O) groups is 15. The van der Waals surface area contributed by atoms with E-state index < -0.39 is 186 Å². The first-order valence-corrected chi connectivity index (χ1v) is 39.3.